The summed E-state index contributed by atoms with van der Waals surface area (Å²) in [5.41, 5.74) is 0. The lowest BCUT2D eigenvalue weighted by atomic mass is 10.0. The van der Waals surface area contributed by atoms with Crippen LogP contribution in [0.1, 0.15) is 90.4 Å². The third-order valence-corrected chi connectivity index (χ3v) is 3.83. The zero-order valence-corrected chi connectivity index (χ0v) is 14.1. The molecule has 20 heavy (non-hydrogen) atoms. The molecule has 0 rings (SSSR count). The molecular formula is C16H33O3P. The normalized spacial score (nSPS) is 12.9. The number of rotatable bonds is 15. The highest BCUT2D eigenvalue weighted by atomic mass is 31.1. The Morgan fingerprint density at radius 3 is 1.75 bits per heavy atom. The SMILES string of the molecule is CCCCCCCCCCCCCCC=CO[PH](=O)O. The van der Waals surface area contributed by atoms with Gasteiger partial charge in [0.2, 0.25) is 0 Å². The van der Waals surface area contributed by atoms with E-state index in [0.29, 0.717) is 0 Å². The van der Waals surface area contributed by atoms with Gasteiger partial charge in [0, 0.05) is 0 Å². The van der Waals surface area contributed by atoms with Crippen LogP contribution < -0.4 is 0 Å². The highest BCUT2D eigenvalue weighted by Crippen LogP contribution is 2.15. The average Bonchev–Trinajstić information content (AvgIpc) is 2.43. The molecule has 1 N–H and O–H groups in total. The first-order chi connectivity index (χ1) is 9.77. The van der Waals surface area contributed by atoms with Gasteiger partial charge in [-0.1, -0.05) is 77.6 Å². The molecule has 0 aromatic rings. The van der Waals surface area contributed by atoms with Gasteiger partial charge >= 0.3 is 8.25 Å². The largest absolute Gasteiger partial charge is 0.435 e. The molecule has 0 spiro atoms. The Bertz CT molecular complexity index is 242. The smallest absolute Gasteiger partial charge is 0.364 e. The fourth-order valence-electron chi connectivity index (χ4n) is 2.28. The van der Waals surface area contributed by atoms with E-state index in [1.165, 1.54) is 76.9 Å². The molecule has 120 valence electrons. The van der Waals surface area contributed by atoms with E-state index >= 15 is 0 Å². The molecule has 0 saturated heterocycles. The molecule has 0 aromatic heterocycles. The predicted octanol–water partition coefficient (Wildman–Crippen LogP) is 5.99. The van der Waals surface area contributed by atoms with Gasteiger partial charge in [-0.2, -0.15) is 0 Å². The number of hydrogen-bond donors (Lipinski definition) is 1. The summed E-state index contributed by atoms with van der Waals surface area (Å²) in [5.74, 6) is 0. The molecule has 4 heteroatoms. The van der Waals surface area contributed by atoms with Crippen molar-refractivity contribution in [1.29, 1.82) is 0 Å². The molecule has 0 aliphatic carbocycles. The second-order valence-corrected chi connectivity index (χ2v) is 6.20. The van der Waals surface area contributed by atoms with Crippen molar-refractivity contribution < 1.29 is 14.0 Å². The van der Waals surface area contributed by atoms with Crippen LogP contribution in [0.15, 0.2) is 12.3 Å². The summed E-state index contributed by atoms with van der Waals surface area (Å²) < 4.78 is 14.7. The highest BCUT2D eigenvalue weighted by Gasteiger charge is 1.93. The zero-order valence-electron chi connectivity index (χ0n) is 13.1. The molecular weight excluding hydrogens is 271 g/mol. The summed E-state index contributed by atoms with van der Waals surface area (Å²) in [6, 6.07) is 0. The van der Waals surface area contributed by atoms with Crippen LogP contribution in [-0.2, 0) is 9.09 Å². The van der Waals surface area contributed by atoms with E-state index in [0.717, 1.165) is 12.8 Å². The molecule has 0 saturated carbocycles. The van der Waals surface area contributed by atoms with Crippen molar-refractivity contribution in [2.75, 3.05) is 0 Å². The van der Waals surface area contributed by atoms with Crippen LogP contribution in [0.4, 0.5) is 0 Å². The molecule has 0 radical (unpaired) electrons. The van der Waals surface area contributed by atoms with E-state index in [-0.39, 0.29) is 0 Å². The fourth-order valence-corrected chi connectivity index (χ4v) is 2.49. The first kappa shape index (κ1) is 19.7. The molecule has 0 aliphatic heterocycles. The molecule has 0 bridgehead atoms. The maximum absolute atomic E-state index is 10.2. The van der Waals surface area contributed by atoms with E-state index in [2.05, 4.69) is 11.4 Å². The van der Waals surface area contributed by atoms with Crippen LogP contribution in [0.25, 0.3) is 0 Å². The van der Waals surface area contributed by atoms with E-state index in [1.54, 1.807) is 0 Å². The highest BCUT2D eigenvalue weighted by molar-refractivity contribution is 7.32. The third kappa shape index (κ3) is 17.7. The lowest BCUT2D eigenvalue weighted by Crippen LogP contribution is -1.82. The first-order valence-corrected chi connectivity index (χ1v) is 9.58. The topological polar surface area (TPSA) is 46.5 Å². The maximum Gasteiger partial charge on any atom is 0.364 e. The summed E-state index contributed by atoms with van der Waals surface area (Å²) in [5, 5.41) is 0. The first-order valence-electron chi connectivity index (χ1n) is 8.32. The summed E-state index contributed by atoms with van der Waals surface area (Å²) in [6.07, 6.45) is 20.3. The Morgan fingerprint density at radius 2 is 1.30 bits per heavy atom. The fraction of sp³-hybridized carbons (Fsp3) is 0.875. The minimum absolute atomic E-state index is 0.937. The molecule has 0 fully saturated rings. The van der Waals surface area contributed by atoms with Crippen molar-refractivity contribution in [1.82, 2.24) is 0 Å². The molecule has 0 heterocycles. The summed E-state index contributed by atoms with van der Waals surface area (Å²) in [6.45, 7) is 2.26. The van der Waals surface area contributed by atoms with Gasteiger partial charge in [-0.3, -0.25) is 0 Å². The van der Waals surface area contributed by atoms with Gasteiger partial charge in [0.1, 0.15) is 0 Å². The summed E-state index contributed by atoms with van der Waals surface area (Å²) >= 11 is 0. The monoisotopic (exact) mass is 304 g/mol. The third-order valence-electron chi connectivity index (χ3n) is 3.49. The minimum Gasteiger partial charge on any atom is -0.435 e. The summed E-state index contributed by atoms with van der Waals surface area (Å²) in [4.78, 5) is 8.43. The minimum atomic E-state index is -2.79. The van der Waals surface area contributed by atoms with Crippen molar-refractivity contribution in [3.8, 4) is 0 Å². The van der Waals surface area contributed by atoms with Gasteiger partial charge in [0.15, 0.2) is 0 Å². The van der Waals surface area contributed by atoms with Crippen molar-refractivity contribution in [3.63, 3.8) is 0 Å². The predicted molar refractivity (Wildman–Crippen MR) is 87.1 cm³/mol. The zero-order chi connectivity index (χ0) is 14.9. The Kier molecular flexibility index (Phi) is 16.6. The second kappa shape index (κ2) is 16.8. The lowest BCUT2D eigenvalue weighted by Gasteiger charge is -2.02. The van der Waals surface area contributed by atoms with Crippen molar-refractivity contribution in [3.05, 3.63) is 12.3 Å². The van der Waals surface area contributed by atoms with Crippen LogP contribution in [0.5, 0.6) is 0 Å². The van der Waals surface area contributed by atoms with E-state index in [9.17, 15) is 4.57 Å². The number of allylic oxidation sites excluding steroid dienone is 1. The Balaban J connectivity index is 3.02. The average molecular weight is 304 g/mol. The second-order valence-electron chi connectivity index (χ2n) is 5.43. The molecule has 3 nitrogen and oxygen atoms in total. The molecule has 0 aliphatic rings. The van der Waals surface area contributed by atoms with Gasteiger partial charge in [-0.15, -0.1) is 0 Å². The molecule has 1 unspecified atom stereocenters. The van der Waals surface area contributed by atoms with Crippen LogP contribution in [0.2, 0.25) is 0 Å². The Hall–Kier alpha value is -0.270. The standard InChI is InChI=1S/C16H33O3P/c1-2-3-4-5-6-7-8-9-10-11-12-13-14-15-16-19-20(17)18/h15-16,20H,2-14H2,1H3,(H,17,18). The Labute approximate surface area is 125 Å². The van der Waals surface area contributed by atoms with E-state index in [4.69, 9.17) is 4.89 Å². The molecule has 0 amide bonds. The molecule has 1 atom stereocenters. The molecule has 0 aromatic carbocycles. The van der Waals surface area contributed by atoms with Crippen LogP contribution in [0, 0.1) is 0 Å². The van der Waals surface area contributed by atoms with Crippen LogP contribution >= 0.6 is 8.25 Å². The van der Waals surface area contributed by atoms with Crippen molar-refractivity contribution in [2.24, 2.45) is 0 Å². The van der Waals surface area contributed by atoms with Crippen LogP contribution in [-0.4, -0.2) is 4.89 Å². The Morgan fingerprint density at radius 1 is 0.850 bits per heavy atom. The lowest BCUT2D eigenvalue weighted by molar-refractivity contribution is 0.377. The van der Waals surface area contributed by atoms with Gasteiger partial charge in [-0.25, -0.2) is 4.57 Å². The quantitative estimate of drug-likeness (QED) is 0.229. The van der Waals surface area contributed by atoms with Gasteiger partial charge < -0.3 is 9.42 Å². The number of hydrogen-bond acceptors (Lipinski definition) is 2. The summed E-state index contributed by atoms with van der Waals surface area (Å²) in [7, 11) is -2.79. The van der Waals surface area contributed by atoms with Gasteiger partial charge in [-0.05, 0) is 18.9 Å². The van der Waals surface area contributed by atoms with E-state index < -0.39 is 8.25 Å². The maximum atomic E-state index is 10.2. The van der Waals surface area contributed by atoms with Crippen molar-refractivity contribution in [2.45, 2.75) is 90.4 Å². The van der Waals surface area contributed by atoms with Gasteiger partial charge in [0.05, 0.1) is 6.26 Å². The van der Waals surface area contributed by atoms with Crippen LogP contribution in [0.3, 0.4) is 0 Å². The van der Waals surface area contributed by atoms with E-state index in [1.807, 2.05) is 6.08 Å². The van der Waals surface area contributed by atoms with Gasteiger partial charge in [0.25, 0.3) is 0 Å². The van der Waals surface area contributed by atoms with Crippen molar-refractivity contribution >= 4 is 8.25 Å². The number of unbranched alkanes of at least 4 members (excludes halogenated alkanes) is 12.